The van der Waals surface area contributed by atoms with E-state index in [4.69, 9.17) is 16.1 Å². The van der Waals surface area contributed by atoms with Gasteiger partial charge in [-0.15, -0.1) is 0 Å². The Morgan fingerprint density at radius 3 is 2.14 bits per heavy atom. The van der Waals surface area contributed by atoms with E-state index in [1.165, 1.54) is 0 Å². The van der Waals surface area contributed by atoms with Gasteiger partial charge in [0.05, 0.1) is 0 Å². The monoisotopic (exact) mass is 242 g/mol. The Morgan fingerprint density at radius 2 is 1.71 bits per heavy atom. The third kappa shape index (κ3) is 7.73. The topological polar surface area (TPSA) is 54.0 Å². The first-order valence-corrected chi connectivity index (χ1v) is 6.72. The van der Waals surface area contributed by atoms with Crippen LogP contribution in [0.25, 0.3) is 0 Å². The molecule has 0 fully saturated rings. The molecule has 0 aliphatic rings. The van der Waals surface area contributed by atoms with E-state index in [9.17, 15) is 3.32 Å². The van der Waals surface area contributed by atoms with Gasteiger partial charge in [-0.3, -0.25) is 0 Å². The summed E-state index contributed by atoms with van der Waals surface area (Å²) < 4.78 is 31.2. The zero-order valence-electron chi connectivity index (χ0n) is 8.95. The molecule has 0 unspecified atom stereocenters. The van der Waals surface area contributed by atoms with Crippen LogP contribution in [0.15, 0.2) is 0 Å². The quantitative estimate of drug-likeness (QED) is 0.453. The van der Waals surface area contributed by atoms with Gasteiger partial charge in [0.15, 0.2) is 0 Å². The first-order chi connectivity index (χ1) is 6.74. The number of hydrogen-bond acceptors (Lipinski definition) is 5. The van der Waals surface area contributed by atoms with Crippen LogP contribution < -0.4 is 0 Å². The minimum atomic E-state index is -3.10. The van der Waals surface area contributed by atoms with Gasteiger partial charge in [-0.25, -0.2) is 0 Å². The molecule has 0 rings (SSSR count). The zero-order valence-corrected chi connectivity index (χ0v) is 10.5. The van der Waals surface area contributed by atoms with Crippen molar-refractivity contribution in [3.05, 3.63) is 0 Å². The first kappa shape index (κ1) is 14.4. The van der Waals surface area contributed by atoms with E-state index in [2.05, 4.69) is 0 Å². The molecule has 0 aromatic carbocycles. The molecule has 0 saturated heterocycles. The molecule has 0 amide bonds. The summed E-state index contributed by atoms with van der Waals surface area (Å²) >= 11 is -3.10. The van der Waals surface area contributed by atoms with Crippen LogP contribution in [0.2, 0.25) is 0 Å². The van der Waals surface area contributed by atoms with E-state index >= 15 is 0 Å². The van der Waals surface area contributed by atoms with E-state index in [0.29, 0.717) is 19.8 Å². The van der Waals surface area contributed by atoms with Crippen LogP contribution in [0.5, 0.6) is 0 Å². The van der Waals surface area contributed by atoms with Crippen molar-refractivity contribution in [3.8, 4) is 0 Å². The average molecular weight is 242 g/mol. The molecule has 84 valence electrons. The van der Waals surface area contributed by atoms with Crippen molar-refractivity contribution in [1.29, 1.82) is 0 Å². The molecule has 0 aliphatic carbocycles. The first-order valence-electron chi connectivity index (χ1n) is 4.81. The normalized spacial score (nSPS) is 10.9. The van der Waals surface area contributed by atoms with Crippen molar-refractivity contribution in [3.63, 3.8) is 0 Å². The van der Waals surface area contributed by atoms with E-state index < -0.39 is 25.1 Å². The third-order valence-electron chi connectivity index (χ3n) is 1.22. The molecule has 0 radical (unpaired) electrons. The predicted octanol–water partition coefficient (Wildman–Crippen LogP) is 1.58. The van der Waals surface area contributed by atoms with Crippen molar-refractivity contribution in [2.75, 3.05) is 19.8 Å². The second-order valence-electron chi connectivity index (χ2n) is 2.42. The van der Waals surface area contributed by atoms with Crippen LogP contribution in [-0.2, 0) is 38.1 Å². The fourth-order valence-electron chi connectivity index (χ4n) is 0.686. The van der Waals surface area contributed by atoms with Gasteiger partial charge in [0.25, 0.3) is 0 Å². The molecule has 0 N–H and O–H groups in total. The van der Waals surface area contributed by atoms with Crippen LogP contribution in [0.1, 0.15) is 27.2 Å². The van der Waals surface area contributed by atoms with E-state index in [0.717, 1.165) is 6.42 Å². The Kier molecular flexibility index (Phi) is 10.1. The zero-order chi connectivity index (χ0) is 10.8. The standard InChI is InChI=1S/C5H11O3.C3H7O.O.Ti/c1-3-7-5(6)8-4-2;1-2-3-4;;/h5H,3-4H2,1-2H3;2-3H2,1H3;;/q2*-1;;+2. The molecule has 0 bridgehead atoms. The molecule has 0 spiro atoms. The molecule has 14 heavy (non-hydrogen) atoms. The summed E-state index contributed by atoms with van der Waals surface area (Å²) in [6, 6.07) is 0. The van der Waals surface area contributed by atoms with Crippen LogP contribution >= 0.6 is 0 Å². The number of hydrogen-bond donors (Lipinski definition) is 0. The summed E-state index contributed by atoms with van der Waals surface area (Å²) in [7, 11) is 0. The van der Waals surface area contributed by atoms with Gasteiger partial charge in [0, 0.05) is 0 Å². The van der Waals surface area contributed by atoms with Gasteiger partial charge >= 0.3 is 91.5 Å². The Labute approximate surface area is 91.8 Å². The summed E-state index contributed by atoms with van der Waals surface area (Å²) in [5, 5.41) is 0. The van der Waals surface area contributed by atoms with Crippen LogP contribution in [0, 0.1) is 0 Å². The van der Waals surface area contributed by atoms with Gasteiger partial charge in [-0.05, 0) is 0 Å². The van der Waals surface area contributed by atoms with Crippen molar-refractivity contribution < 1.29 is 38.1 Å². The van der Waals surface area contributed by atoms with Crippen molar-refractivity contribution in [2.45, 2.75) is 33.7 Å². The molecular weight excluding hydrogens is 224 g/mol. The molecule has 5 nitrogen and oxygen atoms in total. The predicted molar refractivity (Wildman–Crippen MR) is 45.1 cm³/mol. The summed E-state index contributed by atoms with van der Waals surface area (Å²) in [6.45, 7) is 6.06. The van der Waals surface area contributed by atoms with Gasteiger partial charge < -0.3 is 0 Å². The third-order valence-corrected chi connectivity index (χ3v) is 2.51. The summed E-state index contributed by atoms with van der Waals surface area (Å²) in [5.41, 5.74) is 0. The van der Waals surface area contributed by atoms with E-state index in [1.54, 1.807) is 0 Å². The van der Waals surface area contributed by atoms with E-state index in [-0.39, 0.29) is 0 Å². The second kappa shape index (κ2) is 9.89. The fraction of sp³-hybridized carbons (Fsp3) is 1.00. The number of rotatable bonds is 9. The van der Waals surface area contributed by atoms with Gasteiger partial charge in [0.2, 0.25) is 0 Å². The summed E-state index contributed by atoms with van der Waals surface area (Å²) in [4.78, 5) is 0. The molecule has 0 aromatic heterocycles. The fourth-order valence-corrected chi connectivity index (χ4v) is 1.83. The summed E-state index contributed by atoms with van der Waals surface area (Å²) in [6.07, 6.45) is 0.816. The molecule has 0 saturated carbocycles. The van der Waals surface area contributed by atoms with Gasteiger partial charge in [-0.2, -0.15) is 0 Å². The molecule has 0 aliphatic heterocycles. The Balaban J connectivity index is 3.71. The van der Waals surface area contributed by atoms with Crippen molar-refractivity contribution in [2.24, 2.45) is 0 Å². The molecule has 0 atom stereocenters. The van der Waals surface area contributed by atoms with Gasteiger partial charge in [-0.1, -0.05) is 0 Å². The van der Waals surface area contributed by atoms with Crippen molar-refractivity contribution >= 4 is 0 Å². The molecule has 6 heteroatoms. The average Bonchev–Trinajstić information content (AvgIpc) is 2.15. The summed E-state index contributed by atoms with van der Waals surface area (Å²) in [5.74, 6) is 0. The van der Waals surface area contributed by atoms with Crippen LogP contribution in [-0.4, -0.2) is 26.3 Å². The van der Waals surface area contributed by atoms with Crippen molar-refractivity contribution in [1.82, 2.24) is 0 Å². The maximum absolute atomic E-state index is 11.2. The second-order valence-corrected chi connectivity index (χ2v) is 4.02. The van der Waals surface area contributed by atoms with Crippen LogP contribution in [0.3, 0.4) is 0 Å². The Hall–Kier alpha value is 0.354. The Bertz CT molecular complexity index is 147. The molecule has 0 aromatic rings. The van der Waals surface area contributed by atoms with E-state index in [1.807, 2.05) is 20.8 Å². The minimum absolute atomic E-state index is 0.448. The van der Waals surface area contributed by atoms with Gasteiger partial charge in [0.1, 0.15) is 0 Å². The molecular formula is C8H18O5Ti. The SMILES string of the molecule is CCC[O][Ti](=[O])[O]C(OCC)OCC. The molecule has 0 heterocycles. The van der Waals surface area contributed by atoms with Crippen LogP contribution in [0.4, 0.5) is 0 Å². The maximum atomic E-state index is 11.2. The Morgan fingerprint density at radius 1 is 1.14 bits per heavy atom. The number of ether oxygens (including phenoxy) is 2.